The molecule has 0 radical (unpaired) electrons. The number of hydrogen-bond acceptors (Lipinski definition) is 4. The van der Waals surface area contributed by atoms with Crippen molar-refractivity contribution >= 4 is 27.5 Å². The predicted octanol–water partition coefficient (Wildman–Crippen LogP) is 3.82. The van der Waals surface area contributed by atoms with Crippen molar-refractivity contribution in [3.05, 3.63) is 64.7 Å². The van der Waals surface area contributed by atoms with E-state index in [4.69, 9.17) is 4.74 Å². The number of hydrogen-bond donors (Lipinski definition) is 0. The van der Waals surface area contributed by atoms with Crippen LogP contribution >= 0.6 is 11.3 Å². The normalized spacial score (nSPS) is 18.0. The first-order valence-electron chi connectivity index (χ1n) is 8.04. The third kappa shape index (κ3) is 2.92. The summed E-state index contributed by atoms with van der Waals surface area (Å²) in [6.07, 6.45) is -0.0716. The summed E-state index contributed by atoms with van der Waals surface area (Å²) in [5.41, 5.74) is 3.22. The Labute approximate surface area is 144 Å². The fourth-order valence-corrected chi connectivity index (χ4v) is 3.85. The van der Waals surface area contributed by atoms with Crippen LogP contribution in [0.4, 0.5) is 0 Å². The number of carbonyl (C=O) groups is 1. The number of rotatable bonds is 2. The average Bonchev–Trinajstić information content (AvgIpc) is 3.06. The number of nitrogens with zero attached hydrogens (tertiary/aromatic N) is 2. The van der Waals surface area contributed by atoms with E-state index in [9.17, 15) is 4.79 Å². The van der Waals surface area contributed by atoms with Gasteiger partial charge in [0.25, 0.3) is 5.91 Å². The van der Waals surface area contributed by atoms with E-state index in [1.807, 2.05) is 29.2 Å². The van der Waals surface area contributed by atoms with Gasteiger partial charge in [0.2, 0.25) is 0 Å². The highest BCUT2D eigenvalue weighted by molar-refractivity contribution is 7.20. The standard InChI is InChI=1S/C19H18N2O2S/c1-13-6-8-14(9-7-13)16-12-21(10-11-23-16)19(22)18-20-15-4-2-3-5-17(15)24-18/h2-9,16H,10-12H2,1H3. The summed E-state index contributed by atoms with van der Waals surface area (Å²) in [5, 5.41) is 0.556. The molecular weight excluding hydrogens is 320 g/mol. The van der Waals surface area contributed by atoms with Crippen LogP contribution in [0.5, 0.6) is 0 Å². The van der Waals surface area contributed by atoms with Gasteiger partial charge in [0, 0.05) is 6.54 Å². The number of morpholine rings is 1. The molecule has 1 saturated heterocycles. The molecule has 24 heavy (non-hydrogen) atoms. The Morgan fingerprint density at radius 3 is 2.79 bits per heavy atom. The fourth-order valence-electron chi connectivity index (χ4n) is 2.92. The van der Waals surface area contributed by atoms with Gasteiger partial charge in [-0.05, 0) is 24.6 Å². The maximum Gasteiger partial charge on any atom is 0.283 e. The molecular formula is C19H18N2O2S. The summed E-state index contributed by atoms with van der Waals surface area (Å²) in [6, 6.07) is 16.2. The van der Waals surface area contributed by atoms with Crippen LogP contribution in [-0.4, -0.2) is 35.5 Å². The lowest BCUT2D eigenvalue weighted by atomic mass is 10.1. The molecule has 1 aromatic heterocycles. The minimum atomic E-state index is -0.0716. The molecule has 0 aliphatic carbocycles. The number of carbonyl (C=O) groups excluding carboxylic acids is 1. The third-order valence-corrected chi connectivity index (χ3v) is 5.30. The van der Waals surface area contributed by atoms with Crippen molar-refractivity contribution < 1.29 is 9.53 Å². The fraction of sp³-hybridized carbons (Fsp3) is 0.263. The van der Waals surface area contributed by atoms with E-state index >= 15 is 0 Å². The van der Waals surface area contributed by atoms with Gasteiger partial charge in [0.15, 0.2) is 5.01 Å². The van der Waals surface area contributed by atoms with E-state index in [1.165, 1.54) is 16.9 Å². The SMILES string of the molecule is Cc1ccc(C2CN(C(=O)c3nc4ccccc4s3)CCO2)cc1. The van der Waals surface area contributed by atoms with Gasteiger partial charge in [0.1, 0.15) is 6.10 Å². The van der Waals surface area contributed by atoms with Crippen LogP contribution in [0.15, 0.2) is 48.5 Å². The number of ether oxygens (including phenoxy) is 1. The summed E-state index contributed by atoms with van der Waals surface area (Å²) in [7, 11) is 0. The molecule has 1 fully saturated rings. The molecule has 1 atom stereocenters. The van der Waals surface area contributed by atoms with Gasteiger partial charge < -0.3 is 9.64 Å². The lowest BCUT2D eigenvalue weighted by Gasteiger charge is -2.32. The first kappa shape index (κ1) is 15.3. The van der Waals surface area contributed by atoms with Crippen LogP contribution in [0.2, 0.25) is 0 Å². The van der Waals surface area contributed by atoms with Gasteiger partial charge in [-0.3, -0.25) is 4.79 Å². The molecule has 122 valence electrons. The van der Waals surface area contributed by atoms with Crippen molar-refractivity contribution in [2.75, 3.05) is 19.7 Å². The van der Waals surface area contributed by atoms with Gasteiger partial charge in [-0.15, -0.1) is 11.3 Å². The van der Waals surface area contributed by atoms with Crippen molar-refractivity contribution in [2.45, 2.75) is 13.0 Å². The van der Waals surface area contributed by atoms with E-state index < -0.39 is 0 Å². The van der Waals surface area contributed by atoms with E-state index in [2.05, 4.69) is 36.2 Å². The monoisotopic (exact) mass is 338 g/mol. The average molecular weight is 338 g/mol. The zero-order valence-electron chi connectivity index (χ0n) is 13.4. The number of para-hydroxylation sites is 1. The molecule has 0 bridgehead atoms. The van der Waals surface area contributed by atoms with Crippen molar-refractivity contribution in [3.63, 3.8) is 0 Å². The predicted molar refractivity (Wildman–Crippen MR) is 95.4 cm³/mol. The Balaban J connectivity index is 1.54. The highest BCUT2D eigenvalue weighted by Crippen LogP contribution is 2.26. The summed E-state index contributed by atoms with van der Waals surface area (Å²) in [6.45, 7) is 3.79. The molecule has 4 rings (SSSR count). The number of benzene rings is 2. The second kappa shape index (κ2) is 6.34. The highest BCUT2D eigenvalue weighted by atomic mass is 32.1. The number of amides is 1. The zero-order chi connectivity index (χ0) is 16.5. The quantitative estimate of drug-likeness (QED) is 0.713. The van der Waals surface area contributed by atoms with Gasteiger partial charge in [-0.25, -0.2) is 4.98 Å². The molecule has 0 saturated carbocycles. The number of fused-ring (bicyclic) bond motifs is 1. The Hall–Kier alpha value is -2.24. The summed E-state index contributed by atoms with van der Waals surface area (Å²) >= 11 is 1.45. The Morgan fingerprint density at radius 2 is 2.00 bits per heavy atom. The number of thiazole rings is 1. The molecule has 5 heteroatoms. The van der Waals surface area contributed by atoms with Gasteiger partial charge in [0.05, 0.1) is 23.4 Å². The third-order valence-electron chi connectivity index (χ3n) is 4.28. The molecule has 4 nitrogen and oxygen atoms in total. The maximum atomic E-state index is 12.8. The van der Waals surface area contributed by atoms with Crippen LogP contribution in [0.3, 0.4) is 0 Å². The molecule has 1 aliphatic heterocycles. The summed E-state index contributed by atoms with van der Waals surface area (Å²) < 4.78 is 6.91. The minimum absolute atomic E-state index is 0.00314. The molecule has 1 unspecified atom stereocenters. The van der Waals surface area contributed by atoms with Crippen molar-refractivity contribution in [2.24, 2.45) is 0 Å². The van der Waals surface area contributed by atoms with Gasteiger partial charge in [-0.1, -0.05) is 42.0 Å². The first-order chi connectivity index (χ1) is 11.7. The molecule has 2 heterocycles. The summed E-state index contributed by atoms with van der Waals surface area (Å²) in [5.74, 6) is -0.00314. The van der Waals surface area contributed by atoms with Crippen molar-refractivity contribution in [1.82, 2.24) is 9.88 Å². The second-order valence-electron chi connectivity index (χ2n) is 6.01. The molecule has 0 N–H and O–H groups in total. The lowest BCUT2D eigenvalue weighted by Crippen LogP contribution is -2.42. The van der Waals surface area contributed by atoms with Crippen molar-refractivity contribution in [1.29, 1.82) is 0 Å². The number of aryl methyl sites for hydroxylation is 1. The summed E-state index contributed by atoms with van der Waals surface area (Å²) in [4.78, 5) is 19.2. The first-order valence-corrected chi connectivity index (χ1v) is 8.85. The molecule has 1 amide bonds. The van der Waals surface area contributed by atoms with Crippen LogP contribution in [0.25, 0.3) is 10.2 Å². The van der Waals surface area contributed by atoms with E-state index in [0.717, 1.165) is 15.8 Å². The van der Waals surface area contributed by atoms with Crippen LogP contribution in [0, 0.1) is 6.92 Å². The van der Waals surface area contributed by atoms with Crippen molar-refractivity contribution in [3.8, 4) is 0 Å². The maximum absolute atomic E-state index is 12.8. The number of aromatic nitrogens is 1. The van der Waals surface area contributed by atoms with Crippen LogP contribution in [-0.2, 0) is 4.74 Å². The lowest BCUT2D eigenvalue weighted by molar-refractivity contribution is -0.0228. The highest BCUT2D eigenvalue weighted by Gasteiger charge is 2.27. The Morgan fingerprint density at radius 1 is 1.21 bits per heavy atom. The largest absolute Gasteiger partial charge is 0.370 e. The zero-order valence-corrected chi connectivity index (χ0v) is 14.3. The van der Waals surface area contributed by atoms with Gasteiger partial charge >= 0.3 is 0 Å². The molecule has 3 aromatic rings. The second-order valence-corrected chi connectivity index (χ2v) is 7.04. The van der Waals surface area contributed by atoms with Crippen LogP contribution in [0.1, 0.15) is 27.0 Å². The van der Waals surface area contributed by atoms with E-state index in [1.54, 1.807) is 0 Å². The minimum Gasteiger partial charge on any atom is -0.370 e. The van der Waals surface area contributed by atoms with E-state index in [0.29, 0.717) is 24.7 Å². The smallest absolute Gasteiger partial charge is 0.283 e. The topological polar surface area (TPSA) is 42.4 Å². The Kier molecular flexibility index (Phi) is 4.04. The van der Waals surface area contributed by atoms with E-state index in [-0.39, 0.29) is 12.0 Å². The Bertz CT molecular complexity index is 839. The molecule has 0 spiro atoms. The van der Waals surface area contributed by atoms with Gasteiger partial charge in [-0.2, -0.15) is 0 Å². The van der Waals surface area contributed by atoms with Crippen LogP contribution < -0.4 is 0 Å². The molecule has 1 aliphatic rings. The molecule has 2 aromatic carbocycles.